The highest BCUT2D eigenvalue weighted by Crippen LogP contribution is 2.27. The van der Waals surface area contributed by atoms with Crippen LogP contribution >= 0.6 is 0 Å². The van der Waals surface area contributed by atoms with Crippen LogP contribution in [0.4, 0.5) is 0 Å². The van der Waals surface area contributed by atoms with Crippen LogP contribution in [0.2, 0.25) is 0 Å². The summed E-state index contributed by atoms with van der Waals surface area (Å²) in [5, 5.41) is 9.56. The molecular weight excluding hydrogens is 270 g/mol. The zero-order valence-electron chi connectivity index (χ0n) is 12.7. The third-order valence-corrected chi connectivity index (χ3v) is 3.80. The van der Waals surface area contributed by atoms with Gasteiger partial charge in [-0.25, -0.2) is 0 Å². The molecule has 5 nitrogen and oxygen atoms in total. The van der Waals surface area contributed by atoms with E-state index in [1.807, 2.05) is 11.8 Å². The van der Waals surface area contributed by atoms with Crippen LogP contribution in [0, 0.1) is 5.92 Å². The lowest BCUT2D eigenvalue weighted by molar-refractivity contribution is -0.129. The van der Waals surface area contributed by atoms with E-state index in [1.54, 1.807) is 18.2 Å². The number of carbonyl (C=O) groups excluding carboxylic acids is 1. The number of aromatic hydroxyl groups is 1. The standard InChI is InChI=1S/C16H23NO4/c1-3-21-11-13-6-7-17(10-13)16(19)9-12-4-5-14(18)15(8-12)20-2/h4-5,8,13,18H,3,6-7,9-11H2,1-2H3/t13-/m0/s1. The molecule has 1 fully saturated rings. The molecule has 0 bridgehead atoms. The minimum absolute atomic E-state index is 0.0895. The molecular formula is C16H23NO4. The van der Waals surface area contributed by atoms with Gasteiger partial charge in [-0.05, 0) is 31.0 Å². The summed E-state index contributed by atoms with van der Waals surface area (Å²) in [5.74, 6) is 1.05. The molecule has 0 aliphatic carbocycles. The van der Waals surface area contributed by atoms with Crippen LogP contribution in [-0.4, -0.2) is 49.3 Å². The number of hydrogen-bond acceptors (Lipinski definition) is 4. The Morgan fingerprint density at radius 3 is 3.00 bits per heavy atom. The molecule has 1 atom stereocenters. The summed E-state index contributed by atoms with van der Waals surface area (Å²) in [6.07, 6.45) is 1.34. The number of methoxy groups -OCH3 is 1. The normalized spacial score (nSPS) is 18.0. The maximum atomic E-state index is 12.3. The summed E-state index contributed by atoms with van der Waals surface area (Å²) in [7, 11) is 1.50. The first-order chi connectivity index (χ1) is 10.1. The highest BCUT2D eigenvalue weighted by molar-refractivity contribution is 5.79. The lowest BCUT2D eigenvalue weighted by Gasteiger charge is -2.17. The van der Waals surface area contributed by atoms with Gasteiger partial charge in [0.25, 0.3) is 0 Å². The molecule has 2 rings (SSSR count). The van der Waals surface area contributed by atoms with Crippen LogP contribution in [0.15, 0.2) is 18.2 Å². The fourth-order valence-electron chi connectivity index (χ4n) is 2.60. The molecule has 1 saturated heterocycles. The van der Waals surface area contributed by atoms with Gasteiger partial charge in [0.2, 0.25) is 5.91 Å². The molecule has 1 heterocycles. The minimum atomic E-state index is 0.0895. The van der Waals surface area contributed by atoms with Crippen molar-refractivity contribution in [1.82, 2.24) is 4.90 Å². The summed E-state index contributed by atoms with van der Waals surface area (Å²) in [5.41, 5.74) is 0.850. The zero-order valence-corrected chi connectivity index (χ0v) is 12.7. The molecule has 1 aromatic rings. The molecule has 1 amide bonds. The van der Waals surface area contributed by atoms with Crippen LogP contribution in [0.25, 0.3) is 0 Å². The van der Waals surface area contributed by atoms with Crippen molar-refractivity contribution in [2.24, 2.45) is 5.92 Å². The Morgan fingerprint density at radius 1 is 1.48 bits per heavy atom. The van der Waals surface area contributed by atoms with E-state index in [-0.39, 0.29) is 11.7 Å². The number of amides is 1. The summed E-state index contributed by atoms with van der Waals surface area (Å²) >= 11 is 0. The number of ether oxygens (including phenoxy) is 2. The summed E-state index contributed by atoms with van der Waals surface area (Å²) in [4.78, 5) is 14.2. The number of nitrogens with zero attached hydrogens (tertiary/aromatic N) is 1. The number of carbonyl (C=O) groups is 1. The van der Waals surface area contributed by atoms with Gasteiger partial charge in [-0.3, -0.25) is 4.79 Å². The van der Waals surface area contributed by atoms with Gasteiger partial charge in [0, 0.05) is 25.6 Å². The van der Waals surface area contributed by atoms with Gasteiger partial charge in [0.15, 0.2) is 11.5 Å². The lowest BCUT2D eigenvalue weighted by Crippen LogP contribution is -2.30. The monoisotopic (exact) mass is 293 g/mol. The van der Waals surface area contributed by atoms with Gasteiger partial charge in [-0.1, -0.05) is 6.07 Å². The zero-order chi connectivity index (χ0) is 15.2. The number of rotatable bonds is 6. The SMILES string of the molecule is CCOC[C@H]1CCN(C(=O)Cc2ccc(O)c(OC)c2)C1. The van der Waals surface area contributed by atoms with Crippen LogP contribution in [-0.2, 0) is 16.0 Å². The highest BCUT2D eigenvalue weighted by atomic mass is 16.5. The summed E-state index contributed by atoms with van der Waals surface area (Å²) in [6, 6.07) is 5.02. The number of benzene rings is 1. The van der Waals surface area contributed by atoms with Crippen LogP contribution in [0.1, 0.15) is 18.9 Å². The molecule has 0 spiro atoms. The van der Waals surface area contributed by atoms with E-state index in [1.165, 1.54) is 7.11 Å². The molecule has 1 aliphatic heterocycles. The topological polar surface area (TPSA) is 59.0 Å². The van der Waals surface area contributed by atoms with Crippen molar-refractivity contribution in [2.75, 3.05) is 33.4 Å². The van der Waals surface area contributed by atoms with E-state index in [2.05, 4.69) is 0 Å². The molecule has 0 radical (unpaired) electrons. The molecule has 1 aromatic carbocycles. The van der Waals surface area contributed by atoms with E-state index in [4.69, 9.17) is 9.47 Å². The van der Waals surface area contributed by atoms with Crippen molar-refractivity contribution in [1.29, 1.82) is 0 Å². The average molecular weight is 293 g/mol. The molecule has 21 heavy (non-hydrogen) atoms. The smallest absolute Gasteiger partial charge is 0.227 e. The maximum absolute atomic E-state index is 12.3. The first kappa shape index (κ1) is 15.6. The second-order valence-electron chi connectivity index (χ2n) is 5.34. The molecule has 0 unspecified atom stereocenters. The Morgan fingerprint density at radius 2 is 2.29 bits per heavy atom. The molecule has 0 saturated carbocycles. The molecule has 0 aromatic heterocycles. The minimum Gasteiger partial charge on any atom is -0.504 e. The third kappa shape index (κ3) is 4.11. The fourth-order valence-corrected chi connectivity index (χ4v) is 2.60. The first-order valence-corrected chi connectivity index (χ1v) is 7.35. The molecule has 1 aliphatic rings. The second-order valence-corrected chi connectivity index (χ2v) is 5.34. The van der Waals surface area contributed by atoms with Crippen molar-refractivity contribution >= 4 is 5.91 Å². The van der Waals surface area contributed by atoms with Crippen LogP contribution in [0.5, 0.6) is 11.5 Å². The van der Waals surface area contributed by atoms with Crippen molar-refractivity contribution in [3.63, 3.8) is 0 Å². The highest BCUT2D eigenvalue weighted by Gasteiger charge is 2.26. The Bertz CT molecular complexity index is 489. The van der Waals surface area contributed by atoms with E-state index in [0.717, 1.165) is 38.3 Å². The Labute approximate surface area is 125 Å². The molecule has 1 N–H and O–H groups in total. The third-order valence-electron chi connectivity index (χ3n) is 3.80. The molecule has 116 valence electrons. The number of hydrogen-bond donors (Lipinski definition) is 1. The Kier molecular flexibility index (Phi) is 5.44. The van der Waals surface area contributed by atoms with Gasteiger partial charge >= 0.3 is 0 Å². The van der Waals surface area contributed by atoms with Gasteiger partial charge in [-0.2, -0.15) is 0 Å². The number of phenols is 1. The van der Waals surface area contributed by atoms with Crippen molar-refractivity contribution in [3.05, 3.63) is 23.8 Å². The average Bonchev–Trinajstić information content (AvgIpc) is 2.96. The number of likely N-dealkylation sites (tertiary alicyclic amines) is 1. The maximum Gasteiger partial charge on any atom is 0.227 e. The van der Waals surface area contributed by atoms with Gasteiger partial charge < -0.3 is 19.5 Å². The van der Waals surface area contributed by atoms with Gasteiger partial charge in [-0.15, -0.1) is 0 Å². The lowest BCUT2D eigenvalue weighted by atomic mass is 10.1. The molecule has 5 heteroatoms. The van der Waals surface area contributed by atoms with Gasteiger partial charge in [0.05, 0.1) is 20.1 Å². The predicted molar refractivity (Wildman–Crippen MR) is 79.5 cm³/mol. The Hall–Kier alpha value is -1.75. The van der Waals surface area contributed by atoms with Crippen molar-refractivity contribution in [2.45, 2.75) is 19.8 Å². The quantitative estimate of drug-likeness (QED) is 0.869. The Balaban J connectivity index is 1.90. The van der Waals surface area contributed by atoms with Crippen LogP contribution < -0.4 is 4.74 Å². The second kappa shape index (κ2) is 7.31. The van der Waals surface area contributed by atoms with E-state index in [0.29, 0.717) is 18.1 Å². The van der Waals surface area contributed by atoms with Crippen LogP contribution in [0.3, 0.4) is 0 Å². The first-order valence-electron chi connectivity index (χ1n) is 7.35. The van der Waals surface area contributed by atoms with Gasteiger partial charge in [0.1, 0.15) is 0 Å². The van der Waals surface area contributed by atoms with E-state index >= 15 is 0 Å². The van der Waals surface area contributed by atoms with Crippen molar-refractivity contribution < 1.29 is 19.4 Å². The van der Waals surface area contributed by atoms with E-state index < -0.39 is 0 Å². The summed E-state index contributed by atoms with van der Waals surface area (Å²) in [6.45, 7) is 5.00. The largest absolute Gasteiger partial charge is 0.504 e. The number of phenolic OH excluding ortho intramolecular Hbond substituents is 1. The summed E-state index contributed by atoms with van der Waals surface area (Å²) < 4.78 is 10.5. The van der Waals surface area contributed by atoms with E-state index in [9.17, 15) is 9.90 Å². The fraction of sp³-hybridized carbons (Fsp3) is 0.562. The van der Waals surface area contributed by atoms with Crippen molar-refractivity contribution in [3.8, 4) is 11.5 Å². The predicted octanol–water partition coefficient (Wildman–Crippen LogP) is 1.83.